The van der Waals surface area contributed by atoms with Crippen molar-refractivity contribution in [2.75, 3.05) is 26.3 Å². The Labute approximate surface area is 155 Å². The molecule has 2 fully saturated rings. The molecule has 0 N–H and O–H groups in total. The van der Waals surface area contributed by atoms with Crippen molar-refractivity contribution in [1.29, 1.82) is 0 Å². The van der Waals surface area contributed by atoms with Gasteiger partial charge < -0.3 is 4.74 Å². The summed E-state index contributed by atoms with van der Waals surface area (Å²) in [6, 6.07) is 6.53. The van der Waals surface area contributed by atoms with Crippen molar-refractivity contribution in [1.82, 2.24) is 25.1 Å². The minimum absolute atomic E-state index is 0.0859. The summed E-state index contributed by atoms with van der Waals surface area (Å²) >= 11 is 0. The Morgan fingerprint density at radius 1 is 1.04 bits per heavy atom. The molecule has 1 saturated heterocycles. The van der Waals surface area contributed by atoms with Gasteiger partial charge in [-0.3, -0.25) is 4.90 Å². The van der Waals surface area contributed by atoms with Crippen LogP contribution in [-0.4, -0.2) is 51.4 Å². The minimum atomic E-state index is -0.0859. The molecule has 26 heavy (non-hydrogen) atoms. The Morgan fingerprint density at radius 3 is 2.35 bits per heavy atom. The maximum atomic E-state index is 5.62. The molecular weight excluding hydrogens is 326 g/mol. The standard InChI is InChI=1S/C20H29N5O/c1-15-4-6-20(7-5-15,24-8-10-26-11-9-24)19-21-22-23-25(19)18-13-16(2)12-17(3)14-18/h12-15H,4-11H2,1-3H3. The Hall–Kier alpha value is -1.79. The number of aromatic nitrogens is 4. The maximum absolute atomic E-state index is 5.62. The van der Waals surface area contributed by atoms with E-state index in [2.05, 4.69) is 59.4 Å². The average Bonchev–Trinajstić information content (AvgIpc) is 3.13. The molecule has 0 unspecified atom stereocenters. The van der Waals surface area contributed by atoms with E-state index in [9.17, 15) is 0 Å². The molecule has 1 aromatic carbocycles. The van der Waals surface area contributed by atoms with Gasteiger partial charge in [-0.2, -0.15) is 4.68 Å². The van der Waals surface area contributed by atoms with Crippen LogP contribution in [0.2, 0.25) is 0 Å². The molecule has 1 saturated carbocycles. The number of hydrogen-bond acceptors (Lipinski definition) is 5. The fourth-order valence-corrected chi connectivity index (χ4v) is 4.64. The van der Waals surface area contributed by atoms with Crippen molar-refractivity contribution in [2.24, 2.45) is 5.92 Å². The fourth-order valence-electron chi connectivity index (χ4n) is 4.64. The van der Waals surface area contributed by atoms with Crippen molar-refractivity contribution in [3.63, 3.8) is 0 Å². The minimum Gasteiger partial charge on any atom is -0.379 e. The summed E-state index contributed by atoms with van der Waals surface area (Å²) in [5, 5.41) is 13.1. The van der Waals surface area contributed by atoms with Gasteiger partial charge >= 0.3 is 0 Å². The zero-order chi connectivity index (χ0) is 18.1. The lowest BCUT2D eigenvalue weighted by Gasteiger charge is -2.47. The first-order chi connectivity index (χ1) is 12.6. The lowest BCUT2D eigenvalue weighted by molar-refractivity contribution is -0.0499. The molecule has 0 atom stereocenters. The summed E-state index contributed by atoms with van der Waals surface area (Å²) in [6.07, 6.45) is 4.66. The highest BCUT2D eigenvalue weighted by Crippen LogP contribution is 2.44. The quantitative estimate of drug-likeness (QED) is 0.847. The molecule has 0 spiro atoms. The fraction of sp³-hybridized carbons (Fsp3) is 0.650. The van der Waals surface area contributed by atoms with E-state index in [0.29, 0.717) is 0 Å². The van der Waals surface area contributed by atoms with E-state index in [1.165, 1.54) is 24.0 Å². The molecule has 0 amide bonds. The van der Waals surface area contributed by atoms with Crippen molar-refractivity contribution in [3.8, 4) is 5.69 Å². The van der Waals surface area contributed by atoms with E-state index in [1.807, 2.05) is 4.68 Å². The molecule has 1 aromatic heterocycles. The molecule has 1 aliphatic heterocycles. The van der Waals surface area contributed by atoms with Crippen molar-refractivity contribution in [2.45, 2.75) is 52.0 Å². The van der Waals surface area contributed by atoms with Crippen molar-refractivity contribution >= 4 is 0 Å². The van der Waals surface area contributed by atoms with Gasteiger partial charge in [-0.1, -0.05) is 13.0 Å². The summed E-state index contributed by atoms with van der Waals surface area (Å²) in [7, 11) is 0. The molecule has 2 aliphatic rings. The van der Waals surface area contributed by atoms with E-state index in [-0.39, 0.29) is 5.54 Å². The van der Waals surface area contributed by atoms with Gasteiger partial charge in [-0.05, 0) is 79.1 Å². The largest absolute Gasteiger partial charge is 0.379 e. The third-order valence-electron chi connectivity index (χ3n) is 6.05. The van der Waals surface area contributed by atoms with Crippen molar-refractivity contribution < 1.29 is 4.74 Å². The molecular formula is C20H29N5O. The second-order valence-corrected chi connectivity index (χ2v) is 8.07. The van der Waals surface area contributed by atoms with Gasteiger partial charge in [0.15, 0.2) is 5.82 Å². The summed E-state index contributed by atoms with van der Waals surface area (Å²) < 4.78 is 7.60. The van der Waals surface area contributed by atoms with Gasteiger partial charge in [-0.15, -0.1) is 5.10 Å². The van der Waals surface area contributed by atoms with Gasteiger partial charge in [-0.25, -0.2) is 0 Å². The van der Waals surface area contributed by atoms with Crippen LogP contribution in [0.4, 0.5) is 0 Å². The number of tetrazole rings is 1. The Morgan fingerprint density at radius 2 is 1.69 bits per heavy atom. The SMILES string of the molecule is Cc1cc(C)cc(-n2nnnc2C2(N3CCOCC3)CCC(C)CC2)c1. The van der Waals surface area contributed by atoms with Crippen LogP contribution in [0.25, 0.3) is 5.69 Å². The first-order valence-corrected chi connectivity index (χ1v) is 9.79. The predicted molar refractivity (Wildman–Crippen MR) is 100 cm³/mol. The van der Waals surface area contributed by atoms with E-state index in [4.69, 9.17) is 4.74 Å². The van der Waals surface area contributed by atoms with E-state index < -0.39 is 0 Å². The van der Waals surface area contributed by atoms with Gasteiger partial charge in [0.25, 0.3) is 0 Å². The van der Waals surface area contributed by atoms with Crippen LogP contribution in [0.5, 0.6) is 0 Å². The number of nitrogens with zero attached hydrogens (tertiary/aromatic N) is 5. The van der Waals surface area contributed by atoms with Gasteiger partial charge in [0.05, 0.1) is 24.4 Å². The number of rotatable bonds is 3. The third-order valence-corrected chi connectivity index (χ3v) is 6.05. The number of aryl methyl sites for hydroxylation is 2. The van der Waals surface area contributed by atoms with Crippen LogP contribution in [0.15, 0.2) is 18.2 Å². The predicted octanol–water partition coefficient (Wildman–Crippen LogP) is 3.02. The van der Waals surface area contributed by atoms with Gasteiger partial charge in [0.1, 0.15) is 0 Å². The van der Waals surface area contributed by atoms with E-state index in [1.54, 1.807) is 0 Å². The van der Waals surface area contributed by atoms with Crippen LogP contribution in [0.3, 0.4) is 0 Å². The van der Waals surface area contributed by atoms with Gasteiger partial charge in [0.2, 0.25) is 0 Å². The van der Waals surface area contributed by atoms with Crippen LogP contribution in [-0.2, 0) is 10.3 Å². The number of morpholine rings is 1. The number of hydrogen-bond donors (Lipinski definition) is 0. The summed E-state index contributed by atoms with van der Waals surface area (Å²) in [6.45, 7) is 10.1. The first kappa shape index (κ1) is 17.6. The molecule has 0 radical (unpaired) electrons. The Kier molecular flexibility index (Phi) is 4.80. The molecule has 1 aliphatic carbocycles. The second-order valence-electron chi connectivity index (χ2n) is 8.07. The highest BCUT2D eigenvalue weighted by Gasteiger charge is 2.45. The van der Waals surface area contributed by atoms with Gasteiger partial charge in [0, 0.05) is 13.1 Å². The normalized spacial score (nSPS) is 27.6. The molecule has 2 aromatic rings. The average molecular weight is 355 g/mol. The smallest absolute Gasteiger partial charge is 0.176 e. The lowest BCUT2D eigenvalue weighted by Crippen LogP contribution is -2.54. The molecule has 2 heterocycles. The molecule has 6 nitrogen and oxygen atoms in total. The third kappa shape index (κ3) is 3.16. The molecule has 140 valence electrons. The maximum Gasteiger partial charge on any atom is 0.176 e. The summed E-state index contributed by atoms with van der Waals surface area (Å²) in [5.41, 5.74) is 3.45. The monoisotopic (exact) mass is 355 g/mol. The number of benzene rings is 1. The highest BCUT2D eigenvalue weighted by atomic mass is 16.5. The first-order valence-electron chi connectivity index (χ1n) is 9.79. The van der Waals surface area contributed by atoms with Crippen LogP contribution < -0.4 is 0 Å². The Bertz CT molecular complexity index is 737. The molecule has 0 bridgehead atoms. The molecule has 4 rings (SSSR count). The highest BCUT2D eigenvalue weighted by molar-refractivity contribution is 5.39. The zero-order valence-corrected chi connectivity index (χ0v) is 16.1. The van der Waals surface area contributed by atoms with E-state index in [0.717, 1.165) is 56.6 Å². The second kappa shape index (κ2) is 7.08. The lowest BCUT2D eigenvalue weighted by atomic mass is 9.75. The zero-order valence-electron chi connectivity index (χ0n) is 16.1. The Balaban J connectivity index is 1.78. The van der Waals surface area contributed by atoms with Crippen molar-refractivity contribution in [3.05, 3.63) is 35.2 Å². The summed E-state index contributed by atoms with van der Waals surface area (Å²) in [4.78, 5) is 2.58. The summed E-state index contributed by atoms with van der Waals surface area (Å²) in [5.74, 6) is 1.77. The number of ether oxygens (including phenoxy) is 1. The van der Waals surface area contributed by atoms with Crippen LogP contribution in [0.1, 0.15) is 49.6 Å². The molecule has 6 heteroatoms. The van der Waals surface area contributed by atoms with E-state index >= 15 is 0 Å². The topological polar surface area (TPSA) is 56.1 Å². The van der Waals surface area contributed by atoms with Crippen LogP contribution >= 0.6 is 0 Å². The van der Waals surface area contributed by atoms with Crippen LogP contribution in [0, 0.1) is 19.8 Å².